The highest BCUT2D eigenvalue weighted by atomic mass is 19.4. The molecule has 0 saturated carbocycles. The van der Waals surface area contributed by atoms with Gasteiger partial charge < -0.3 is 0 Å². The molecule has 0 aliphatic heterocycles. The molecule has 0 bridgehead atoms. The zero-order chi connectivity index (χ0) is 15.9. The third-order valence-electron chi connectivity index (χ3n) is 3.93. The molecule has 5 heteroatoms. The first-order chi connectivity index (χ1) is 9.92. The number of hydrogen-bond acceptors (Lipinski definition) is 2. The molecule has 0 radical (unpaired) electrons. The van der Waals surface area contributed by atoms with E-state index in [1.54, 1.807) is 6.07 Å². The first kappa shape index (κ1) is 18.0. The van der Waals surface area contributed by atoms with Crippen molar-refractivity contribution in [3.8, 4) is 0 Å². The third-order valence-corrected chi connectivity index (χ3v) is 3.93. The number of unbranched alkanes of at least 4 members (excludes halogenated alkanes) is 1. The quantitative estimate of drug-likeness (QED) is 0.534. The fourth-order valence-corrected chi connectivity index (χ4v) is 2.55. The minimum absolute atomic E-state index is 0.242. The number of hydrazine groups is 1. The van der Waals surface area contributed by atoms with Gasteiger partial charge in [-0.2, -0.15) is 13.2 Å². The van der Waals surface area contributed by atoms with Crippen LogP contribution in [0.2, 0.25) is 0 Å². The van der Waals surface area contributed by atoms with Gasteiger partial charge in [0.05, 0.1) is 5.56 Å². The molecule has 0 fully saturated rings. The second-order valence-corrected chi connectivity index (χ2v) is 5.49. The SMILES string of the molecule is CCCCC(CC)CC(NN)c1cccc(C(F)(F)F)c1. The largest absolute Gasteiger partial charge is 0.416 e. The summed E-state index contributed by atoms with van der Waals surface area (Å²) in [5, 5.41) is 0. The van der Waals surface area contributed by atoms with E-state index in [2.05, 4.69) is 19.3 Å². The van der Waals surface area contributed by atoms with Crippen molar-refractivity contribution >= 4 is 0 Å². The number of alkyl halides is 3. The van der Waals surface area contributed by atoms with Gasteiger partial charge in [0.2, 0.25) is 0 Å². The molecule has 0 heterocycles. The van der Waals surface area contributed by atoms with Gasteiger partial charge in [-0.25, -0.2) is 0 Å². The Morgan fingerprint density at radius 2 is 1.95 bits per heavy atom. The summed E-state index contributed by atoms with van der Waals surface area (Å²) >= 11 is 0. The molecule has 1 aromatic carbocycles. The zero-order valence-corrected chi connectivity index (χ0v) is 12.7. The lowest BCUT2D eigenvalue weighted by molar-refractivity contribution is -0.137. The number of nitrogens with one attached hydrogen (secondary N) is 1. The molecule has 0 amide bonds. The zero-order valence-electron chi connectivity index (χ0n) is 12.7. The summed E-state index contributed by atoms with van der Waals surface area (Å²) in [4.78, 5) is 0. The van der Waals surface area contributed by atoms with E-state index in [0.717, 1.165) is 38.2 Å². The third kappa shape index (κ3) is 5.67. The molecule has 120 valence electrons. The summed E-state index contributed by atoms with van der Waals surface area (Å²) in [7, 11) is 0. The maximum absolute atomic E-state index is 12.8. The van der Waals surface area contributed by atoms with Crippen molar-refractivity contribution in [2.45, 2.75) is 58.2 Å². The Morgan fingerprint density at radius 1 is 1.24 bits per heavy atom. The molecule has 0 saturated heterocycles. The minimum Gasteiger partial charge on any atom is -0.271 e. The van der Waals surface area contributed by atoms with E-state index in [-0.39, 0.29) is 6.04 Å². The standard InChI is InChI=1S/C16H25F3N2/c1-3-5-7-12(4-2)10-15(21-20)13-8-6-9-14(11-13)16(17,18)19/h6,8-9,11-12,15,21H,3-5,7,10,20H2,1-2H3. The van der Waals surface area contributed by atoms with Gasteiger partial charge >= 0.3 is 6.18 Å². The molecule has 2 nitrogen and oxygen atoms in total. The molecular formula is C16H25F3N2. The predicted octanol–water partition coefficient (Wildman–Crippen LogP) is 4.82. The molecule has 0 aliphatic rings. The van der Waals surface area contributed by atoms with Crippen molar-refractivity contribution in [3.63, 3.8) is 0 Å². The number of nitrogens with two attached hydrogens (primary N) is 1. The lowest BCUT2D eigenvalue weighted by atomic mass is 9.89. The van der Waals surface area contributed by atoms with Crippen LogP contribution in [0.3, 0.4) is 0 Å². The maximum Gasteiger partial charge on any atom is 0.416 e. The lowest BCUT2D eigenvalue weighted by Gasteiger charge is -2.23. The molecule has 0 aromatic heterocycles. The number of hydrogen-bond donors (Lipinski definition) is 2. The van der Waals surface area contributed by atoms with Crippen molar-refractivity contribution in [1.29, 1.82) is 0 Å². The van der Waals surface area contributed by atoms with Crippen LogP contribution < -0.4 is 11.3 Å². The van der Waals surface area contributed by atoms with Gasteiger partial charge in [0.25, 0.3) is 0 Å². The fourth-order valence-electron chi connectivity index (χ4n) is 2.55. The van der Waals surface area contributed by atoms with Crippen LogP contribution in [0.1, 0.15) is 63.1 Å². The van der Waals surface area contributed by atoms with E-state index in [1.165, 1.54) is 12.1 Å². The summed E-state index contributed by atoms with van der Waals surface area (Å²) < 4.78 is 38.3. The van der Waals surface area contributed by atoms with Crippen molar-refractivity contribution in [1.82, 2.24) is 5.43 Å². The molecule has 2 atom stereocenters. The van der Waals surface area contributed by atoms with E-state index in [0.29, 0.717) is 11.5 Å². The van der Waals surface area contributed by atoms with Crippen LogP contribution in [0.5, 0.6) is 0 Å². The summed E-state index contributed by atoms with van der Waals surface area (Å²) in [6.07, 6.45) is 0.802. The van der Waals surface area contributed by atoms with Gasteiger partial charge in [-0.1, -0.05) is 51.7 Å². The van der Waals surface area contributed by atoms with Crippen LogP contribution in [-0.2, 0) is 6.18 Å². The molecular weight excluding hydrogens is 277 g/mol. The fraction of sp³-hybridized carbons (Fsp3) is 0.625. The van der Waals surface area contributed by atoms with E-state index >= 15 is 0 Å². The van der Waals surface area contributed by atoms with Gasteiger partial charge in [0, 0.05) is 6.04 Å². The number of rotatable bonds is 8. The van der Waals surface area contributed by atoms with E-state index in [9.17, 15) is 13.2 Å². The number of benzene rings is 1. The van der Waals surface area contributed by atoms with Gasteiger partial charge in [-0.15, -0.1) is 0 Å². The highest BCUT2D eigenvalue weighted by molar-refractivity contribution is 5.28. The van der Waals surface area contributed by atoms with E-state index in [4.69, 9.17) is 5.84 Å². The first-order valence-corrected chi connectivity index (χ1v) is 7.55. The molecule has 21 heavy (non-hydrogen) atoms. The monoisotopic (exact) mass is 302 g/mol. The predicted molar refractivity (Wildman–Crippen MR) is 79.4 cm³/mol. The summed E-state index contributed by atoms with van der Waals surface area (Å²) in [5.41, 5.74) is 2.65. The highest BCUT2D eigenvalue weighted by Gasteiger charge is 2.31. The first-order valence-electron chi connectivity index (χ1n) is 7.55. The van der Waals surface area contributed by atoms with Crippen LogP contribution in [0.25, 0.3) is 0 Å². The van der Waals surface area contributed by atoms with Gasteiger partial charge in [-0.3, -0.25) is 11.3 Å². The van der Waals surface area contributed by atoms with Crippen molar-refractivity contribution < 1.29 is 13.2 Å². The Bertz CT molecular complexity index is 418. The summed E-state index contributed by atoms with van der Waals surface area (Å²) in [6.45, 7) is 4.25. The molecule has 1 aromatic rings. The van der Waals surface area contributed by atoms with Gasteiger partial charge in [0.15, 0.2) is 0 Å². The Morgan fingerprint density at radius 3 is 2.48 bits per heavy atom. The smallest absolute Gasteiger partial charge is 0.271 e. The second kappa shape index (κ2) is 8.39. The van der Waals surface area contributed by atoms with Crippen molar-refractivity contribution in [2.24, 2.45) is 11.8 Å². The Balaban J connectivity index is 2.84. The summed E-state index contributed by atoms with van der Waals surface area (Å²) in [5.74, 6) is 6.04. The molecule has 1 rings (SSSR count). The van der Waals surface area contributed by atoms with E-state index < -0.39 is 11.7 Å². The molecule has 3 N–H and O–H groups in total. The molecule has 0 spiro atoms. The van der Waals surface area contributed by atoms with Crippen molar-refractivity contribution in [3.05, 3.63) is 35.4 Å². The normalized spacial score (nSPS) is 15.0. The van der Waals surface area contributed by atoms with Gasteiger partial charge in [-0.05, 0) is 30.0 Å². The second-order valence-electron chi connectivity index (χ2n) is 5.49. The van der Waals surface area contributed by atoms with E-state index in [1.807, 2.05) is 0 Å². The Hall–Kier alpha value is -1.07. The topological polar surface area (TPSA) is 38.0 Å². The lowest BCUT2D eigenvalue weighted by Crippen LogP contribution is -2.30. The van der Waals surface area contributed by atoms with Crippen LogP contribution in [-0.4, -0.2) is 0 Å². The van der Waals surface area contributed by atoms with Crippen LogP contribution in [0.4, 0.5) is 13.2 Å². The maximum atomic E-state index is 12.8. The Labute approximate surface area is 124 Å². The van der Waals surface area contributed by atoms with Crippen LogP contribution in [0, 0.1) is 5.92 Å². The minimum atomic E-state index is -4.32. The molecule has 2 unspecified atom stereocenters. The highest BCUT2D eigenvalue weighted by Crippen LogP contribution is 2.32. The van der Waals surface area contributed by atoms with Crippen molar-refractivity contribution in [2.75, 3.05) is 0 Å². The molecule has 0 aliphatic carbocycles. The summed E-state index contributed by atoms with van der Waals surface area (Å²) in [6, 6.07) is 5.18. The number of halogens is 3. The van der Waals surface area contributed by atoms with Crippen LogP contribution in [0.15, 0.2) is 24.3 Å². The van der Waals surface area contributed by atoms with Gasteiger partial charge in [0.1, 0.15) is 0 Å². The average Bonchev–Trinajstić information content (AvgIpc) is 2.47. The average molecular weight is 302 g/mol. The Kier molecular flexibility index (Phi) is 7.18. The van der Waals surface area contributed by atoms with Crippen LogP contribution >= 0.6 is 0 Å².